The molecule has 9 atom stereocenters. The van der Waals surface area contributed by atoms with Gasteiger partial charge >= 0.3 is 0 Å². The van der Waals surface area contributed by atoms with Crippen LogP contribution in [0, 0.1) is 46.3 Å². The van der Waals surface area contributed by atoms with E-state index in [1.807, 2.05) is 13.8 Å². The van der Waals surface area contributed by atoms with Crippen LogP contribution in [0.5, 0.6) is 0 Å². The zero-order valence-corrected chi connectivity index (χ0v) is 22.4. The molecule has 4 rings (SSSR count). The van der Waals surface area contributed by atoms with E-state index in [2.05, 4.69) is 40.7 Å². The summed E-state index contributed by atoms with van der Waals surface area (Å²) in [5.74, 6) is 4.25. The van der Waals surface area contributed by atoms with E-state index in [9.17, 15) is 10.2 Å². The molecule has 0 aromatic carbocycles. The number of aliphatic hydroxyl groups is 2. The zero-order chi connectivity index (χ0) is 23.7. The van der Waals surface area contributed by atoms with Gasteiger partial charge in [-0.1, -0.05) is 85.8 Å². The van der Waals surface area contributed by atoms with Crippen LogP contribution in [0.1, 0.15) is 119 Å². The lowest BCUT2D eigenvalue weighted by molar-refractivity contribution is -0.0980. The third kappa shape index (κ3) is 4.61. The Morgan fingerprint density at radius 3 is 2.34 bits per heavy atom. The number of hydrogen-bond donors (Lipinski definition) is 2. The number of rotatable bonds is 6. The van der Waals surface area contributed by atoms with Crippen LogP contribution >= 0.6 is 0 Å². The maximum atomic E-state index is 11.3. The second-order valence-electron chi connectivity index (χ2n) is 12.5. The van der Waals surface area contributed by atoms with Crippen molar-refractivity contribution in [1.82, 2.24) is 0 Å². The van der Waals surface area contributed by atoms with Gasteiger partial charge in [-0.25, -0.2) is 0 Å². The maximum absolute atomic E-state index is 11.3. The van der Waals surface area contributed by atoms with E-state index < -0.39 is 0 Å². The largest absolute Gasteiger partial charge is 0.393 e. The molecule has 0 saturated heterocycles. The van der Waals surface area contributed by atoms with Crippen molar-refractivity contribution < 1.29 is 10.2 Å². The molecule has 2 N–H and O–H groups in total. The van der Waals surface area contributed by atoms with Crippen molar-refractivity contribution in [3.05, 3.63) is 11.6 Å². The fraction of sp³-hybridized carbons (Fsp3) is 0.933. The summed E-state index contributed by atoms with van der Waals surface area (Å²) >= 11 is 0. The van der Waals surface area contributed by atoms with Gasteiger partial charge in [0.15, 0.2) is 0 Å². The third-order valence-electron chi connectivity index (χ3n) is 10.6. The Morgan fingerprint density at radius 1 is 0.969 bits per heavy atom. The number of aliphatic hydroxyl groups excluding tert-OH is 2. The van der Waals surface area contributed by atoms with Crippen LogP contribution < -0.4 is 0 Å². The normalized spacial score (nSPS) is 44.0. The SMILES string of the molecule is CC.CC[C@H](CCCC(C)C)C1CCC2C3C(O)C=C4CC(O)CCC4(C)C3CCC21C. The van der Waals surface area contributed by atoms with E-state index in [-0.39, 0.29) is 17.6 Å². The Morgan fingerprint density at radius 2 is 1.69 bits per heavy atom. The first-order valence-electron chi connectivity index (χ1n) is 14.3. The average molecular weight is 447 g/mol. The molecular formula is C30H54O2. The highest BCUT2D eigenvalue weighted by atomic mass is 16.3. The van der Waals surface area contributed by atoms with Crippen molar-refractivity contribution in [3.8, 4) is 0 Å². The molecule has 3 fully saturated rings. The van der Waals surface area contributed by atoms with Gasteiger partial charge in [-0.2, -0.15) is 0 Å². The number of fused-ring (bicyclic) bond motifs is 5. The van der Waals surface area contributed by atoms with E-state index in [0.29, 0.717) is 23.2 Å². The molecule has 0 amide bonds. The summed E-state index contributed by atoms with van der Waals surface area (Å²) in [5, 5.41) is 21.6. The van der Waals surface area contributed by atoms with Crippen LogP contribution in [0.25, 0.3) is 0 Å². The van der Waals surface area contributed by atoms with E-state index in [4.69, 9.17) is 0 Å². The minimum absolute atomic E-state index is 0.200. The van der Waals surface area contributed by atoms with Gasteiger partial charge in [-0.3, -0.25) is 0 Å². The minimum atomic E-state index is -0.298. The van der Waals surface area contributed by atoms with Gasteiger partial charge in [-0.15, -0.1) is 0 Å². The Balaban J connectivity index is 0.00000141. The molecule has 3 saturated carbocycles. The maximum Gasteiger partial charge on any atom is 0.0757 e. The van der Waals surface area contributed by atoms with Crippen LogP contribution in [0.3, 0.4) is 0 Å². The molecule has 0 aromatic rings. The molecule has 0 aliphatic heterocycles. The standard InChI is InChI=1S/C28H48O2.C2H6/c1-6-19(9-7-8-18(2)3)22-10-11-23-26-24(13-15-28(22,23)5)27(4)14-12-21(29)16-20(27)17-25(26)30;1-2/h17-19,21-26,29-30H,6-16H2,1-5H3;1-2H3/t19-,21?,22?,23?,24?,25?,26?,27?,28?;/m1./s1. The first-order chi connectivity index (χ1) is 15.2. The summed E-state index contributed by atoms with van der Waals surface area (Å²) in [5.41, 5.74) is 1.99. The first-order valence-corrected chi connectivity index (χ1v) is 14.3. The van der Waals surface area contributed by atoms with Gasteiger partial charge in [0.05, 0.1) is 12.2 Å². The van der Waals surface area contributed by atoms with Gasteiger partial charge in [0.2, 0.25) is 0 Å². The minimum Gasteiger partial charge on any atom is -0.393 e. The van der Waals surface area contributed by atoms with E-state index in [1.165, 1.54) is 56.9 Å². The fourth-order valence-electron chi connectivity index (χ4n) is 8.92. The molecule has 2 nitrogen and oxygen atoms in total. The van der Waals surface area contributed by atoms with Gasteiger partial charge in [0.1, 0.15) is 0 Å². The lowest BCUT2D eigenvalue weighted by Crippen LogP contribution is -2.55. The predicted molar refractivity (Wildman–Crippen MR) is 136 cm³/mol. The zero-order valence-electron chi connectivity index (χ0n) is 22.4. The van der Waals surface area contributed by atoms with Crippen LogP contribution in [-0.2, 0) is 0 Å². The summed E-state index contributed by atoms with van der Waals surface area (Å²) in [7, 11) is 0. The second kappa shape index (κ2) is 10.5. The van der Waals surface area contributed by atoms with Crippen LogP contribution in [-0.4, -0.2) is 22.4 Å². The van der Waals surface area contributed by atoms with Gasteiger partial charge in [0, 0.05) is 0 Å². The van der Waals surface area contributed by atoms with Crippen molar-refractivity contribution in [3.63, 3.8) is 0 Å². The topological polar surface area (TPSA) is 40.5 Å². The van der Waals surface area contributed by atoms with Crippen molar-refractivity contribution in [1.29, 1.82) is 0 Å². The summed E-state index contributed by atoms with van der Waals surface area (Å²) < 4.78 is 0. The summed E-state index contributed by atoms with van der Waals surface area (Å²) in [6, 6.07) is 0. The van der Waals surface area contributed by atoms with Gasteiger partial charge < -0.3 is 10.2 Å². The molecule has 4 aliphatic rings. The summed E-state index contributed by atoms with van der Waals surface area (Å²) in [6.07, 6.45) is 15.3. The Bertz CT molecular complexity index is 639. The van der Waals surface area contributed by atoms with Crippen molar-refractivity contribution in [2.45, 2.75) is 131 Å². The summed E-state index contributed by atoms with van der Waals surface area (Å²) in [4.78, 5) is 0. The second-order valence-corrected chi connectivity index (χ2v) is 12.5. The highest BCUT2D eigenvalue weighted by molar-refractivity contribution is 5.27. The van der Waals surface area contributed by atoms with Crippen molar-refractivity contribution in [2.75, 3.05) is 0 Å². The fourth-order valence-corrected chi connectivity index (χ4v) is 8.92. The average Bonchev–Trinajstić information content (AvgIpc) is 3.11. The third-order valence-corrected chi connectivity index (χ3v) is 10.6. The summed E-state index contributed by atoms with van der Waals surface area (Å²) in [6.45, 7) is 16.2. The lowest BCUT2D eigenvalue weighted by Gasteiger charge is -2.59. The van der Waals surface area contributed by atoms with Crippen LogP contribution in [0.2, 0.25) is 0 Å². The molecule has 32 heavy (non-hydrogen) atoms. The molecule has 8 unspecified atom stereocenters. The predicted octanol–water partition coefficient (Wildman–Crippen LogP) is 7.78. The highest BCUT2D eigenvalue weighted by Gasteiger charge is 2.61. The Kier molecular flexibility index (Phi) is 8.63. The molecule has 0 heterocycles. The Labute approximate surface area is 199 Å². The van der Waals surface area contributed by atoms with Gasteiger partial charge in [-0.05, 0) is 91.3 Å². The first kappa shape index (κ1) is 26.3. The molecule has 186 valence electrons. The molecule has 0 spiro atoms. The van der Waals surface area contributed by atoms with Crippen molar-refractivity contribution >= 4 is 0 Å². The lowest BCUT2D eigenvalue weighted by atomic mass is 9.46. The van der Waals surface area contributed by atoms with Crippen LogP contribution in [0.4, 0.5) is 0 Å². The monoisotopic (exact) mass is 446 g/mol. The molecule has 2 heteroatoms. The van der Waals surface area contributed by atoms with Crippen LogP contribution in [0.15, 0.2) is 11.6 Å². The van der Waals surface area contributed by atoms with Gasteiger partial charge in [0.25, 0.3) is 0 Å². The molecule has 0 aromatic heterocycles. The van der Waals surface area contributed by atoms with E-state index in [1.54, 1.807) is 0 Å². The number of hydrogen-bond acceptors (Lipinski definition) is 2. The molecule has 0 radical (unpaired) electrons. The highest BCUT2D eigenvalue weighted by Crippen LogP contribution is 2.67. The quantitative estimate of drug-likeness (QED) is 0.409. The molecule has 0 bridgehead atoms. The van der Waals surface area contributed by atoms with E-state index >= 15 is 0 Å². The van der Waals surface area contributed by atoms with Crippen molar-refractivity contribution in [2.24, 2.45) is 46.3 Å². The Hall–Kier alpha value is -0.340. The molecule has 4 aliphatic carbocycles. The molecular weight excluding hydrogens is 392 g/mol. The van der Waals surface area contributed by atoms with E-state index in [0.717, 1.165) is 37.0 Å². The smallest absolute Gasteiger partial charge is 0.0757 e.